The van der Waals surface area contributed by atoms with Crippen LogP contribution < -0.4 is 4.90 Å². The molecule has 4 heteroatoms. The lowest BCUT2D eigenvalue weighted by Gasteiger charge is -2.35. The van der Waals surface area contributed by atoms with E-state index in [9.17, 15) is 9.90 Å². The van der Waals surface area contributed by atoms with Crippen molar-refractivity contribution in [1.82, 2.24) is 4.90 Å². The zero-order chi connectivity index (χ0) is 14.1. The first kappa shape index (κ1) is 13.4. The summed E-state index contributed by atoms with van der Waals surface area (Å²) in [6.45, 7) is 1.37. The number of para-hydroxylation sites is 1. The first-order valence-corrected chi connectivity index (χ1v) is 7.45. The summed E-state index contributed by atoms with van der Waals surface area (Å²) in [5.41, 5.74) is 2.23. The Morgan fingerprint density at radius 1 is 1.30 bits per heavy atom. The van der Waals surface area contributed by atoms with Gasteiger partial charge in [-0.3, -0.25) is 4.90 Å². The molecule has 2 aliphatic rings. The Kier molecular flexibility index (Phi) is 3.66. The predicted octanol–water partition coefficient (Wildman–Crippen LogP) is 2.61. The minimum absolute atomic E-state index is 0.0659. The summed E-state index contributed by atoms with van der Waals surface area (Å²) in [6.07, 6.45) is 3.81. The number of hydrogen-bond donors (Lipinski definition) is 1. The normalized spacial score (nSPS) is 26.0. The Labute approximate surface area is 120 Å². The maximum Gasteiger partial charge on any atom is 0.324 e. The maximum atomic E-state index is 12.4. The number of aliphatic hydroxyl groups is 1. The molecule has 1 aromatic carbocycles. The van der Waals surface area contributed by atoms with Crippen LogP contribution in [0.1, 0.15) is 31.2 Å². The standard InChI is InChI=1S/C16H22N2O2/c1-17-11-13-5-2-3-7-14(13)18(16(17)20)10-9-12-6-4-8-15(12)19/h2-3,5,7,12,15,19H,4,6,8-11H2,1H3. The van der Waals surface area contributed by atoms with Crippen LogP contribution in [0.3, 0.4) is 0 Å². The zero-order valence-corrected chi connectivity index (χ0v) is 12.0. The third kappa shape index (κ3) is 2.40. The van der Waals surface area contributed by atoms with Gasteiger partial charge in [-0.2, -0.15) is 0 Å². The Morgan fingerprint density at radius 3 is 2.85 bits per heavy atom. The van der Waals surface area contributed by atoms with Crippen LogP contribution in [0.2, 0.25) is 0 Å². The van der Waals surface area contributed by atoms with Crippen LogP contribution >= 0.6 is 0 Å². The number of fused-ring (bicyclic) bond motifs is 1. The molecule has 0 saturated heterocycles. The van der Waals surface area contributed by atoms with Crippen molar-refractivity contribution in [2.45, 2.75) is 38.3 Å². The molecule has 0 radical (unpaired) electrons. The molecule has 20 heavy (non-hydrogen) atoms. The lowest BCUT2D eigenvalue weighted by molar-refractivity contribution is 0.128. The zero-order valence-electron chi connectivity index (χ0n) is 12.0. The second-order valence-electron chi connectivity index (χ2n) is 5.97. The molecule has 1 fully saturated rings. The fourth-order valence-corrected chi connectivity index (χ4v) is 3.41. The van der Waals surface area contributed by atoms with Crippen molar-refractivity contribution < 1.29 is 9.90 Å². The first-order chi connectivity index (χ1) is 9.66. The minimum atomic E-state index is -0.178. The van der Waals surface area contributed by atoms with Crippen LogP contribution in [0.4, 0.5) is 10.5 Å². The highest BCUT2D eigenvalue weighted by atomic mass is 16.3. The van der Waals surface area contributed by atoms with E-state index in [4.69, 9.17) is 0 Å². The number of benzene rings is 1. The Morgan fingerprint density at radius 2 is 2.10 bits per heavy atom. The number of rotatable bonds is 3. The second kappa shape index (κ2) is 5.44. The molecule has 3 rings (SSSR count). The van der Waals surface area contributed by atoms with E-state index in [1.807, 2.05) is 30.1 Å². The van der Waals surface area contributed by atoms with Gasteiger partial charge in [-0.15, -0.1) is 0 Å². The van der Waals surface area contributed by atoms with Gasteiger partial charge >= 0.3 is 6.03 Å². The van der Waals surface area contributed by atoms with Gasteiger partial charge in [0.05, 0.1) is 11.8 Å². The molecule has 1 saturated carbocycles. The quantitative estimate of drug-likeness (QED) is 0.920. The van der Waals surface area contributed by atoms with Crippen LogP contribution in [0.5, 0.6) is 0 Å². The van der Waals surface area contributed by atoms with E-state index in [1.54, 1.807) is 4.90 Å². The summed E-state index contributed by atoms with van der Waals surface area (Å²) in [4.78, 5) is 16.0. The lowest BCUT2D eigenvalue weighted by atomic mass is 10.0. The largest absolute Gasteiger partial charge is 0.393 e. The number of nitrogens with zero attached hydrogens (tertiary/aromatic N) is 2. The molecule has 1 aromatic rings. The van der Waals surface area contributed by atoms with Crippen LogP contribution in [-0.4, -0.2) is 35.7 Å². The second-order valence-corrected chi connectivity index (χ2v) is 5.97. The molecule has 2 unspecified atom stereocenters. The fourth-order valence-electron chi connectivity index (χ4n) is 3.41. The van der Waals surface area contributed by atoms with E-state index < -0.39 is 0 Å². The molecule has 0 aromatic heterocycles. The van der Waals surface area contributed by atoms with Gasteiger partial charge in [-0.05, 0) is 36.8 Å². The third-order valence-electron chi connectivity index (χ3n) is 4.59. The van der Waals surface area contributed by atoms with Crippen molar-refractivity contribution in [3.05, 3.63) is 29.8 Å². The molecule has 2 atom stereocenters. The molecule has 0 spiro atoms. The Hall–Kier alpha value is -1.55. The number of anilines is 1. The van der Waals surface area contributed by atoms with Crippen LogP contribution in [0.15, 0.2) is 24.3 Å². The summed E-state index contributed by atoms with van der Waals surface area (Å²) < 4.78 is 0. The van der Waals surface area contributed by atoms with Crippen molar-refractivity contribution in [2.75, 3.05) is 18.5 Å². The van der Waals surface area contributed by atoms with E-state index >= 15 is 0 Å². The molecule has 1 heterocycles. The summed E-state index contributed by atoms with van der Waals surface area (Å²) in [7, 11) is 1.84. The van der Waals surface area contributed by atoms with Gasteiger partial charge < -0.3 is 10.0 Å². The van der Waals surface area contributed by atoms with Crippen molar-refractivity contribution in [1.29, 1.82) is 0 Å². The molecule has 1 aliphatic heterocycles. The summed E-state index contributed by atoms with van der Waals surface area (Å²) in [5.74, 6) is 0.349. The topological polar surface area (TPSA) is 43.8 Å². The van der Waals surface area contributed by atoms with Crippen LogP contribution in [0.25, 0.3) is 0 Å². The summed E-state index contributed by atoms with van der Waals surface area (Å²) >= 11 is 0. The molecular formula is C16H22N2O2. The van der Waals surface area contributed by atoms with E-state index in [2.05, 4.69) is 6.07 Å². The molecule has 1 N–H and O–H groups in total. The Balaban J connectivity index is 1.75. The predicted molar refractivity (Wildman–Crippen MR) is 78.6 cm³/mol. The molecule has 4 nitrogen and oxygen atoms in total. The number of carbonyl (C=O) groups excluding carboxylic acids is 1. The minimum Gasteiger partial charge on any atom is -0.393 e. The van der Waals surface area contributed by atoms with Gasteiger partial charge in [0.15, 0.2) is 0 Å². The number of aliphatic hydroxyl groups excluding tert-OH is 1. The van der Waals surface area contributed by atoms with Gasteiger partial charge in [0, 0.05) is 20.1 Å². The Bertz CT molecular complexity index is 503. The molecule has 0 bridgehead atoms. The van der Waals surface area contributed by atoms with E-state index in [1.165, 1.54) is 5.56 Å². The number of hydrogen-bond acceptors (Lipinski definition) is 2. The third-order valence-corrected chi connectivity index (χ3v) is 4.59. The van der Waals surface area contributed by atoms with Gasteiger partial charge in [0.2, 0.25) is 0 Å². The molecule has 2 amide bonds. The number of urea groups is 1. The van der Waals surface area contributed by atoms with Gasteiger partial charge in [0.25, 0.3) is 0 Å². The SMILES string of the molecule is CN1Cc2ccccc2N(CCC2CCCC2O)C1=O. The van der Waals surface area contributed by atoms with Gasteiger partial charge in [-0.25, -0.2) is 4.79 Å². The molecule has 1 aliphatic carbocycles. The number of amides is 2. The van der Waals surface area contributed by atoms with Gasteiger partial charge in [0.1, 0.15) is 0 Å². The maximum absolute atomic E-state index is 12.4. The van der Waals surface area contributed by atoms with Gasteiger partial charge in [-0.1, -0.05) is 24.6 Å². The fraction of sp³-hybridized carbons (Fsp3) is 0.562. The highest BCUT2D eigenvalue weighted by Crippen LogP contribution is 2.32. The average Bonchev–Trinajstić information content (AvgIpc) is 2.85. The van der Waals surface area contributed by atoms with E-state index in [-0.39, 0.29) is 12.1 Å². The van der Waals surface area contributed by atoms with Crippen LogP contribution in [-0.2, 0) is 6.54 Å². The molecule has 108 valence electrons. The van der Waals surface area contributed by atoms with E-state index in [0.717, 1.165) is 31.4 Å². The summed E-state index contributed by atoms with van der Waals surface area (Å²) in [6, 6.07) is 8.16. The first-order valence-electron chi connectivity index (χ1n) is 7.45. The highest BCUT2D eigenvalue weighted by molar-refractivity contribution is 5.94. The van der Waals surface area contributed by atoms with Crippen molar-refractivity contribution in [3.63, 3.8) is 0 Å². The monoisotopic (exact) mass is 274 g/mol. The van der Waals surface area contributed by atoms with Crippen LogP contribution in [0, 0.1) is 5.92 Å². The van der Waals surface area contributed by atoms with Crippen molar-refractivity contribution >= 4 is 11.7 Å². The summed E-state index contributed by atoms with van der Waals surface area (Å²) in [5, 5.41) is 9.92. The highest BCUT2D eigenvalue weighted by Gasteiger charge is 2.30. The average molecular weight is 274 g/mol. The smallest absolute Gasteiger partial charge is 0.324 e. The van der Waals surface area contributed by atoms with Crippen molar-refractivity contribution in [3.8, 4) is 0 Å². The molecular weight excluding hydrogens is 252 g/mol. The van der Waals surface area contributed by atoms with Crippen molar-refractivity contribution in [2.24, 2.45) is 5.92 Å². The number of carbonyl (C=O) groups is 1. The van der Waals surface area contributed by atoms with E-state index in [0.29, 0.717) is 19.0 Å². The lowest BCUT2D eigenvalue weighted by Crippen LogP contribution is -2.46.